The van der Waals surface area contributed by atoms with Gasteiger partial charge in [0.1, 0.15) is 0 Å². The van der Waals surface area contributed by atoms with Crippen LogP contribution in [0.4, 0.5) is 0 Å². The summed E-state index contributed by atoms with van der Waals surface area (Å²) in [6.45, 7) is 23.2. The minimum absolute atomic E-state index is 0.457. The van der Waals surface area contributed by atoms with Crippen LogP contribution in [0.25, 0.3) is 0 Å². The zero-order valence-electron chi connectivity index (χ0n) is 24.5. The molecule has 3 unspecified atom stereocenters. The first-order valence-electron chi connectivity index (χ1n) is 14.6. The fourth-order valence-electron chi connectivity index (χ4n) is 6.17. The third-order valence-electron chi connectivity index (χ3n) is 8.00. The van der Waals surface area contributed by atoms with Gasteiger partial charge in [0.2, 0.25) is 0 Å². The summed E-state index contributed by atoms with van der Waals surface area (Å²) < 4.78 is 0. The van der Waals surface area contributed by atoms with Gasteiger partial charge in [0, 0.05) is 41.3 Å². The maximum atomic E-state index is 4.40. The van der Waals surface area contributed by atoms with Gasteiger partial charge in [0.15, 0.2) is 0 Å². The average molecular weight is 538 g/mol. The van der Waals surface area contributed by atoms with Gasteiger partial charge in [-0.05, 0) is 93.2 Å². The van der Waals surface area contributed by atoms with Gasteiger partial charge >= 0.3 is 0 Å². The second-order valence-corrected chi connectivity index (χ2v) is 13.4. The van der Waals surface area contributed by atoms with Gasteiger partial charge < -0.3 is 4.90 Å². The molecule has 0 amide bonds. The van der Waals surface area contributed by atoms with Gasteiger partial charge in [-0.15, -0.1) is 18.3 Å². The monoisotopic (exact) mass is 537 g/mol. The number of rotatable bonds is 13. The van der Waals surface area contributed by atoms with Crippen LogP contribution in [0.3, 0.4) is 0 Å². The highest BCUT2D eigenvalue weighted by Gasteiger charge is 2.31. The highest BCUT2D eigenvalue weighted by atomic mass is 32.2. The number of nitrogens with zero attached hydrogens (tertiary/aromatic N) is 1. The van der Waals surface area contributed by atoms with E-state index >= 15 is 0 Å². The Morgan fingerprint density at radius 2 is 2.00 bits per heavy atom. The van der Waals surface area contributed by atoms with Crippen LogP contribution in [-0.2, 0) is 12.2 Å². The Kier molecular flexibility index (Phi) is 12.0. The van der Waals surface area contributed by atoms with Crippen LogP contribution in [0.15, 0.2) is 59.9 Å². The van der Waals surface area contributed by atoms with Gasteiger partial charge in [0.25, 0.3) is 0 Å². The Morgan fingerprint density at radius 3 is 2.65 bits per heavy atom. The molecule has 1 aromatic rings. The SMILES string of the molecule is C=CC(C)C1SCC(CSCc2cc(CCCCC)cc(C)c2C2C=C(C)CCC2)=C(C(=C)C)N1CC. The first kappa shape index (κ1) is 30.2. The molecule has 1 aromatic carbocycles. The molecule has 1 aliphatic heterocycles. The van der Waals surface area contributed by atoms with E-state index in [2.05, 4.69) is 107 Å². The number of thioether (sulfide) groups is 2. The van der Waals surface area contributed by atoms with Crippen molar-refractivity contribution in [2.45, 2.75) is 104 Å². The van der Waals surface area contributed by atoms with E-state index in [4.69, 9.17) is 0 Å². The Labute approximate surface area is 237 Å². The molecule has 0 aromatic heterocycles. The molecule has 3 atom stereocenters. The number of unbranched alkanes of at least 4 members (excludes halogenated alkanes) is 2. The van der Waals surface area contributed by atoms with E-state index in [1.54, 1.807) is 22.3 Å². The van der Waals surface area contributed by atoms with Gasteiger partial charge in [-0.2, -0.15) is 11.8 Å². The molecule has 0 saturated heterocycles. The summed E-state index contributed by atoms with van der Waals surface area (Å²) in [6.07, 6.45) is 13.7. The van der Waals surface area contributed by atoms with Crippen molar-refractivity contribution in [1.82, 2.24) is 4.90 Å². The number of allylic oxidation sites excluding steroid dienone is 3. The Balaban J connectivity index is 1.85. The maximum Gasteiger partial charge on any atom is 0.0813 e. The van der Waals surface area contributed by atoms with Gasteiger partial charge in [-0.1, -0.05) is 63.1 Å². The smallest absolute Gasteiger partial charge is 0.0813 e. The molecule has 3 rings (SSSR count). The average Bonchev–Trinajstić information content (AvgIpc) is 2.87. The van der Waals surface area contributed by atoms with Crippen molar-refractivity contribution in [3.05, 3.63) is 82.1 Å². The molecule has 0 saturated carbocycles. The predicted octanol–water partition coefficient (Wildman–Crippen LogP) is 10.2. The van der Waals surface area contributed by atoms with Crippen LogP contribution in [0.1, 0.15) is 101 Å². The molecule has 1 aliphatic carbocycles. The van der Waals surface area contributed by atoms with E-state index in [9.17, 15) is 0 Å². The predicted molar refractivity (Wildman–Crippen MR) is 171 cm³/mol. The largest absolute Gasteiger partial charge is 0.359 e. The van der Waals surface area contributed by atoms with Crippen molar-refractivity contribution < 1.29 is 0 Å². The first-order chi connectivity index (χ1) is 17.8. The van der Waals surface area contributed by atoms with E-state index in [-0.39, 0.29) is 0 Å². The summed E-state index contributed by atoms with van der Waals surface area (Å²) in [5.74, 6) is 4.32. The molecule has 204 valence electrons. The molecule has 1 heterocycles. The standard InChI is InChI=1S/C34H51NS2/c1-9-12-13-16-28-19-27(8)32(29-17-14-15-25(6)18-29)30(20-28)21-36-22-31-23-37-34(26(7)10-2)35(11-3)33(31)24(4)5/h10,18-20,26,29,34H,2,4,9,11-17,21-23H2,1,3,5-8H3. The topological polar surface area (TPSA) is 3.24 Å². The summed E-state index contributed by atoms with van der Waals surface area (Å²) in [4.78, 5) is 2.58. The maximum absolute atomic E-state index is 4.40. The molecule has 3 heteroatoms. The van der Waals surface area contributed by atoms with Crippen LogP contribution in [0.2, 0.25) is 0 Å². The third kappa shape index (κ3) is 7.85. The summed E-state index contributed by atoms with van der Waals surface area (Å²) in [7, 11) is 0. The molecule has 2 aliphatic rings. The van der Waals surface area contributed by atoms with Crippen molar-refractivity contribution in [3.8, 4) is 0 Å². The Bertz CT molecular complexity index is 1000. The van der Waals surface area contributed by atoms with E-state index in [0.717, 1.165) is 23.8 Å². The molecular weight excluding hydrogens is 487 g/mol. The molecule has 0 radical (unpaired) electrons. The van der Waals surface area contributed by atoms with Gasteiger partial charge in [0.05, 0.1) is 5.37 Å². The number of likely N-dealkylation sites (N-methyl/N-ethyl adjacent to an activating group) is 1. The van der Waals surface area contributed by atoms with E-state index in [1.165, 1.54) is 67.3 Å². The quantitative estimate of drug-likeness (QED) is 0.182. The van der Waals surface area contributed by atoms with Crippen LogP contribution < -0.4 is 0 Å². The van der Waals surface area contributed by atoms with Gasteiger partial charge in [-0.3, -0.25) is 0 Å². The zero-order valence-corrected chi connectivity index (χ0v) is 26.1. The Morgan fingerprint density at radius 1 is 1.22 bits per heavy atom. The number of aryl methyl sites for hydroxylation is 2. The molecule has 37 heavy (non-hydrogen) atoms. The van der Waals surface area contributed by atoms with Crippen LogP contribution in [0, 0.1) is 12.8 Å². The summed E-state index contributed by atoms with van der Waals surface area (Å²) in [5.41, 5.74) is 12.0. The van der Waals surface area contributed by atoms with Crippen LogP contribution in [0.5, 0.6) is 0 Å². The highest BCUT2D eigenvalue weighted by Crippen LogP contribution is 2.40. The van der Waals surface area contributed by atoms with E-state index in [1.807, 2.05) is 0 Å². The lowest BCUT2D eigenvalue weighted by atomic mass is 9.81. The first-order valence-corrected chi connectivity index (χ1v) is 16.8. The zero-order chi connectivity index (χ0) is 26.9. The lowest BCUT2D eigenvalue weighted by Crippen LogP contribution is -2.40. The molecular formula is C34H51NS2. The molecule has 0 N–H and O–H groups in total. The summed E-state index contributed by atoms with van der Waals surface area (Å²) in [6, 6.07) is 5.06. The number of hydrogen-bond donors (Lipinski definition) is 0. The summed E-state index contributed by atoms with van der Waals surface area (Å²) in [5, 5.41) is 0.457. The Hall–Kier alpha value is -1.32. The lowest BCUT2D eigenvalue weighted by molar-refractivity contribution is 0.301. The van der Waals surface area contributed by atoms with Gasteiger partial charge in [-0.25, -0.2) is 0 Å². The third-order valence-corrected chi connectivity index (χ3v) is 10.6. The minimum atomic E-state index is 0.457. The summed E-state index contributed by atoms with van der Waals surface area (Å²) >= 11 is 4.19. The molecule has 0 bridgehead atoms. The van der Waals surface area contributed by atoms with Crippen molar-refractivity contribution in [2.24, 2.45) is 5.92 Å². The van der Waals surface area contributed by atoms with E-state index in [0.29, 0.717) is 17.2 Å². The van der Waals surface area contributed by atoms with Crippen LogP contribution >= 0.6 is 23.5 Å². The van der Waals surface area contributed by atoms with Crippen molar-refractivity contribution >= 4 is 23.5 Å². The molecule has 1 nitrogen and oxygen atoms in total. The fraction of sp³-hybridized carbons (Fsp3) is 0.588. The number of hydrogen-bond acceptors (Lipinski definition) is 3. The molecule has 0 fully saturated rings. The highest BCUT2D eigenvalue weighted by molar-refractivity contribution is 8.00. The lowest BCUT2D eigenvalue weighted by Gasteiger charge is -2.42. The second-order valence-electron chi connectivity index (χ2n) is 11.3. The van der Waals surface area contributed by atoms with Crippen molar-refractivity contribution in [3.63, 3.8) is 0 Å². The minimum Gasteiger partial charge on any atom is -0.359 e. The number of benzene rings is 1. The van der Waals surface area contributed by atoms with Crippen molar-refractivity contribution in [2.75, 3.05) is 18.1 Å². The van der Waals surface area contributed by atoms with Crippen LogP contribution in [-0.4, -0.2) is 28.3 Å². The fourth-order valence-corrected chi connectivity index (χ4v) is 8.81. The second kappa shape index (κ2) is 14.7. The normalized spacial score (nSPS) is 21.1. The molecule has 0 spiro atoms. The van der Waals surface area contributed by atoms with E-state index < -0.39 is 0 Å². The van der Waals surface area contributed by atoms with Crippen molar-refractivity contribution in [1.29, 1.82) is 0 Å².